The van der Waals surface area contributed by atoms with E-state index in [1.165, 1.54) is 12.1 Å². The average molecular weight is 312 g/mol. The number of anilines is 1. The number of halogens is 1. The normalized spacial score (nSPS) is 11.3. The number of rotatable bonds is 5. The average Bonchev–Trinajstić information content (AvgIpc) is 2.38. The summed E-state index contributed by atoms with van der Waals surface area (Å²) in [5.74, 6) is 0. The van der Waals surface area contributed by atoms with Crippen molar-refractivity contribution in [3.63, 3.8) is 0 Å². The van der Waals surface area contributed by atoms with E-state index >= 15 is 0 Å². The number of benzene rings is 1. The van der Waals surface area contributed by atoms with Gasteiger partial charge in [0.25, 0.3) is 0 Å². The number of hydrogen-bond donors (Lipinski definition) is 2. The molecule has 0 bridgehead atoms. The monoisotopic (exact) mass is 311 g/mol. The van der Waals surface area contributed by atoms with Crippen LogP contribution in [0, 0.1) is 0 Å². The van der Waals surface area contributed by atoms with Crippen molar-refractivity contribution >= 4 is 27.3 Å². The van der Waals surface area contributed by atoms with Crippen LogP contribution < -0.4 is 10.5 Å². The zero-order chi connectivity index (χ0) is 14.6. The van der Waals surface area contributed by atoms with Crippen molar-refractivity contribution in [1.29, 1.82) is 0 Å². The Morgan fingerprint density at radius 2 is 1.90 bits per heavy atom. The third-order valence-electron chi connectivity index (χ3n) is 2.72. The summed E-state index contributed by atoms with van der Waals surface area (Å²) < 4.78 is 22.2. The lowest BCUT2D eigenvalue weighted by atomic mass is 10.1. The number of aromatic nitrogens is 1. The minimum Gasteiger partial charge on any atom is -0.385 e. The molecule has 0 saturated carbocycles. The van der Waals surface area contributed by atoms with E-state index in [2.05, 4.69) is 10.3 Å². The van der Waals surface area contributed by atoms with Crippen LogP contribution in [0.3, 0.4) is 0 Å². The Labute approximate surface area is 122 Å². The first-order valence-corrected chi connectivity index (χ1v) is 7.85. The van der Waals surface area contributed by atoms with Gasteiger partial charge in [-0.1, -0.05) is 23.7 Å². The van der Waals surface area contributed by atoms with Crippen LogP contribution in [0.1, 0.15) is 5.56 Å². The van der Waals surface area contributed by atoms with Crippen LogP contribution in [0.15, 0.2) is 47.5 Å². The van der Waals surface area contributed by atoms with E-state index in [-0.39, 0.29) is 4.90 Å². The molecule has 0 aliphatic carbocycles. The van der Waals surface area contributed by atoms with Crippen LogP contribution in [0.5, 0.6) is 0 Å². The zero-order valence-electron chi connectivity index (χ0n) is 10.6. The molecule has 0 saturated heterocycles. The molecule has 0 amide bonds. The number of hydrogen-bond acceptors (Lipinski definition) is 4. The molecule has 1 aromatic heterocycles. The van der Waals surface area contributed by atoms with Crippen LogP contribution in [-0.2, 0) is 16.4 Å². The fraction of sp³-hybridized carbons (Fsp3) is 0.154. The highest BCUT2D eigenvalue weighted by Crippen LogP contribution is 2.13. The molecule has 106 valence electrons. The van der Waals surface area contributed by atoms with Gasteiger partial charge in [0.15, 0.2) is 0 Å². The van der Waals surface area contributed by atoms with Gasteiger partial charge in [-0.15, -0.1) is 0 Å². The fourth-order valence-corrected chi connectivity index (χ4v) is 2.40. The van der Waals surface area contributed by atoms with Crippen LogP contribution in [0.4, 0.5) is 5.69 Å². The second-order valence-electron chi connectivity index (χ2n) is 4.23. The van der Waals surface area contributed by atoms with Gasteiger partial charge in [0.05, 0.1) is 4.90 Å². The molecule has 0 radical (unpaired) electrons. The smallest absolute Gasteiger partial charge is 0.238 e. The summed E-state index contributed by atoms with van der Waals surface area (Å²) in [6.07, 6.45) is 2.39. The van der Waals surface area contributed by atoms with Crippen molar-refractivity contribution < 1.29 is 8.42 Å². The summed E-state index contributed by atoms with van der Waals surface area (Å²) >= 11 is 5.78. The zero-order valence-corrected chi connectivity index (χ0v) is 12.2. The number of sulfonamides is 1. The molecule has 1 aromatic carbocycles. The van der Waals surface area contributed by atoms with Crippen molar-refractivity contribution in [2.24, 2.45) is 5.14 Å². The van der Waals surface area contributed by atoms with Crippen LogP contribution in [0.2, 0.25) is 5.15 Å². The van der Waals surface area contributed by atoms with E-state index < -0.39 is 10.0 Å². The standard InChI is InChI=1S/C13H14ClN3O2S/c14-13-9-11(6-8-17-13)16-7-5-10-1-3-12(4-2-10)20(15,18)19/h1-4,6,8-9H,5,7H2,(H,16,17)(H2,15,18,19). The molecule has 1 heterocycles. The van der Waals surface area contributed by atoms with E-state index in [9.17, 15) is 8.42 Å². The Bertz CT molecular complexity index is 687. The Morgan fingerprint density at radius 1 is 1.20 bits per heavy atom. The summed E-state index contributed by atoms with van der Waals surface area (Å²) in [7, 11) is -3.63. The molecule has 20 heavy (non-hydrogen) atoms. The van der Waals surface area contributed by atoms with E-state index in [1.807, 2.05) is 6.07 Å². The predicted molar refractivity (Wildman–Crippen MR) is 79.3 cm³/mol. The largest absolute Gasteiger partial charge is 0.385 e. The lowest BCUT2D eigenvalue weighted by Crippen LogP contribution is -2.12. The van der Waals surface area contributed by atoms with E-state index in [1.54, 1.807) is 24.4 Å². The molecular weight excluding hydrogens is 298 g/mol. The third kappa shape index (κ3) is 4.19. The lowest BCUT2D eigenvalue weighted by Gasteiger charge is -2.07. The quantitative estimate of drug-likeness (QED) is 0.827. The molecule has 0 spiro atoms. The first-order valence-electron chi connectivity index (χ1n) is 5.92. The molecule has 0 unspecified atom stereocenters. The first-order chi connectivity index (χ1) is 9.45. The molecule has 3 N–H and O–H groups in total. The number of pyridine rings is 1. The Morgan fingerprint density at radius 3 is 2.50 bits per heavy atom. The minimum atomic E-state index is -3.63. The maximum absolute atomic E-state index is 11.1. The van der Waals surface area contributed by atoms with E-state index in [4.69, 9.17) is 16.7 Å². The highest BCUT2D eigenvalue weighted by Gasteiger charge is 2.06. The molecule has 0 aliphatic heterocycles. The van der Waals surface area contributed by atoms with Gasteiger partial charge < -0.3 is 5.32 Å². The Balaban J connectivity index is 1.92. The van der Waals surface area contributed by atoms with E-state index in [0.717, 1.165) is 17.7 Å². The van der Waals surface area contributed by atoms with Crippen molar-refractivity contribution in [2.45, 2.75) is 11.3 Å². The van der Waals surface area contributed by atoms with Crippen molar-refractivity contribution in [3.8, 4) is 0 Å². The molecule has 5 nitrogen and oxygen atoms in total. The summed E-state index contributed by atoms with van der Waals surface area (Å²) in [6, 6.07) is 10.1. The first kappa shape index (κ1) is 14.8. The molecule has 0 fully saturated rings. The highest BCUT2D eigenvalue weighted by molar-refractivity contribution is 7.89. The SMILES string of the molecule is NS(=O)(=O)c1ccc(CCNc2ccnc(Cl)c2)cc1. The summed E-state index contributed by atoms with van der Waals surface area (Å²) in [6.45, 7) is 0.703. The van der Waals surface area contributed by atoms with Crippen LogP contribution in [-0.4, -0.2) is 19.9 Å². The van der Waals surface area contributed by atoms with Gasteiger partial charge in [0, 0.05) is 18.4 Å². The van der Waals surface area contributed by atoms with Gasteiger partial charge in [-0.3, -0.25) is 0 Å². The highest BCUT2D eigenvalue weighted by atomic mass is 35.5. The number of primary sulfonamides is 1. The van der Waals surface area contributed by atoms with E-state index in [0.29, 0.717) is 11.7 Å². The maximum Gasteiger partial charge on any atom is 0.238 e. The molecular formula is C13H14ClN3O2S. The number of nitrogens with two attached hydrogens (primary N) is 1. The van der Waals surface area contributed by atoms with Gasteiger partial charge >= 0.3 is 0 Å². The Hall–Kier alpha value is -1.63. The molecule has 0 atom stereocenters. The number of nitrogens with zero attached hydrogens (tertiary/aromatic N) is 1. The molecule has 2 aromatic rings. The van der Waals surface area contributed by atoms with Gasteiger partial charge in [-0.05, 0) is 36.2 Å². The van der Waals surface area contributed by atoms with Gasteiger partial charge in [-0.2, -0.15) is 0 Å². The third-order valence-corrected chi connectivity index (χ3v) is 3.86. The van der Waals surface area contributed by atoms with Crippen LogP contribution >= 0.6 is 11.6 Å². The molecule has 0 aliphatic rings. The van der Waals surface area contributed by atoms with Crippen molar-refractivity contribution in [1.82, 2.24) is 4.98 Å². The topological polar surface area (TPSA) is 85.1 Å². The number of nitrogens with one attached hydrogen (secondary N) is 1. The fourth-order valence-electron chi connectivity index (χ4n) is 1.71. The van der Waals surface area contributed by atoms with Gasteiger partial charge in [0.2, 0.25) is 10.0 Å². The van der Waals surface area contributed by atoms with Crippen LogP contribution in [0.25, 0.3) is 0 Å². The summed E-state index contributed by atoms with van der Waals surface area (Å²) in [4.78, 5) is 4.02. The Kier molecular flexibility index (Phi) is 4.59. The lowest BCUT2D eigenvalue weighted by molar-refractivity contribution is 0.598. The molecule has 7 heteroatoms. The summed E-state index contributed by atoms with van der Waals surface area (Å²) in [5, 5.41) is 8.69. The molecule has 2 rings (SSSR count). The second-order valence-corrected chi connectivity index (χ2v) is 6.18. The second kappa shape index (κ2) is 6.21. The van der Waals surface area contributed by atoms with Crippen molar-refractivity contribution in [2.75, 3.05) is 11.9 Å². The van der Waals surface area contributed by atoms with Gasteiger partial charge in [-0.25, -0.2) is 18.5 Å². The van der Waals surface area contributed by atoms with Gasteiger partial charge in [0.1, 0.15) is 5.15 Å². The predicted octanol–water partition coefficient (Wildman–Crippen LogP) is 2.04. The maximum atomic E-state index is 11.1. The minimum absolute atomic E-state index is 0.120. The summed E-state index contributed by atoms with van der Waals surface area (Å²) in [5.41, 5.74) is 1.91. The van der Waals surface area contributed by atoms with Crippen molar-refractivity contribution in [3.05, 3.63) is 53.3 Å².